The summed E-state index contributed by atoms with van der Waals surface area (Å²) < 4.78 is 4.33. The molecule has 5 heteroatoms. The van der Waals surface area contributed by atoms with E-state index in [0.29, 0.717) is 23.4 Å². The van der Waals surface area contributed by atoms with Crippen LogP contribution in [0.1, 0.15) is 12.8 Å². The van der Waals surface area contributed by atoms with E-state index in [4.69, 9.17) is 5.11 Å². The first-order chi connectivity index (χ1) is 4.16. The van der Waals surface area contributed by atoms with Crippen molar-refractivity contribution >= 4 is 35.4 Å². The molecule has 0 atom stereocenters. The summed E-state index contributed by atoms with van der Waals surface area (Å²) in [7, 11) is 0. The van der Waals surface area contributed by atoms with Crippen molar-refractivity contribution in [3.05, 3.63) is 0 Å². The SMILES string of the molecule is O=C(O)CCC(=O)[O][SbH2]. The van der Waals surface area contributed by atoms with Crippen LogP contribution in [0.3, 0.4) is 0 Å². The molecular weight excluding hydrogens is 234 g/mol. The average molecular weight is 241 g/mol. The molecule has 4 nitrogen and oxygen atoms in total. The van der Waals surface area contributed by atoms with E-state index in [9.17, 15) is 9.59 Å². The van der Waals surface area contributed by atoms with E-state index in [2.05, 4.69) is 3.02 Å². The van der Waals surface area contributed by atoms with Gasteiger partial charge in [-0.25, -0.2) is 0 Å². The molecule has 0 rings (SSSR count). The molecule has 0 unspecified atom stereocenters. The molecule has 0 aliphatic rings. The molecule has 0 saturated carbocycles. The summed E-state index contributed by atoms with van der Waals surface area (Å²) in [5.41, 5.74) is 0. The minimum atomic E-state index is -0.971. The molecule has 0 saturated heterocycles. The van der Waals surface area contributed by atoms with Crippen molar-refractivity contribution in [1.82, 2.24) is 0 Å². The zero-order valence-electron chi connectivity index (χ0n) is 4.66. The van der Waals surface area contributed by atoms with E-state index < -0.39 is 11.9 Å². The molecule has 0 aromatic carbocycles. The van der Waals surface area contributed by atoms with Gasteiger partial charge in [0.1, 0.15) is 0 Å². The van der Waals surface area contributed by atoms with E-state index in [0.717, 1.165) is 0 Å². The van der Waals surface area contributed by atoms with Gasteiger partial charge in [0.25, 0.3) is 0 Å². The van der Waals surface area contributed by atoms with Crippen molar-refractivity contribution in [2.45, 2.75) is 12.8 Å². The first kappa shape index (κ1) is 8.76. The maximum absolute atomic E-state index is 10.3. The monoisotopic (exact) mass is 240 g/mol. The van der Waals surface area contributed by atoms with Crippen molar-refractivity contribution in [2.75, 3.05) is 0 Å². The van der Waals surface area contributed by atoms with Gasteiger partial charge in [0.2, 0.25) is 0 Å². The molecule has 52 valence electrons. The van der Waals surface area contributed by atoms with Crippen molar-refractivity contribution < 1.29 is 17.7 Å². The first-order valence-corrected chi connectivity index (χ1v) is 3.62. The molecule has 0 aromatic heterocycles. The molecule has 0 radical (unpaired) electrons. The molecule has 0 spiro atoms. The van der Waals surface area contributed by atoms with E-state index >= 15 is 0 Å². The van der Waals surface area contributed by atoms with Gasteiger partial charge in [0, 0.05) is 0 Å². The van der Waals surface area contributed by atoms with E-state index in [-0.39, 0.29) is 12.8 Å². The van der Waals surface area contributed by atoms with E-state index in [1.165, 1.54) is 0 Å². The molecule has 0 bridgehead atoms. The van der Waals surface area contributed by atoms with E-state index in [1.807, 2.05) is 0 Å². The zero-order valence-corrected chi connectivity index (χ0v) is 7.96. The van der Waals surface area contributed by atoms with Gasteiger partial charge in [-0.15, -0.1) is 0 Å². The second-order valence-corrected chi connectivity index (χ2v) is 2.06. The third kappa shape index (κ3) is 5.63. The van der Waals surface area contributed by atoms with Gasteiger partial charge in [-0.05, 0) is 0 Å². The maximum atomic E-state index is 10.3. The number of carboxylic acid groups (broad SMARTS) is 1. The fraction of sp³-hybridized carbons (Fsp3) is 0.500. The summed E-state index contributed by atoms with van der Waals surface area (Å²) in [5.74, 6) is -1.40. The van der Waals surface area contributed by atoms with Crippen LogP contribution in [0.5, 0.6) is 0 Å². The summed E-state index contributed by atoms with van der Waals surface area (Å²) in [5, 5.41) is 8.06. The van der Waals surface area contributed by atoms with Crippen LogP contribution in [0.25, 0.3) is 0 Å². The average Bonchev–Trinajstić information content (AvgIpc) is 1.83. The van der Waals surface area contributed by atoms with Crippen molar-refractivity contribution in [3.8, 4) is 0 Å². The van der Waals surface area contributed by atoms with Gasteiger partial charge >= 0.3 is 65.9 Å². The summed E-state index contributed by atoms with van der Waals surface area (Å²) >= 11 is 0.397. The quantitative estimate of drug-likeness (QED) is 0.639. The predicted molar refractivity (Wildman–Crippen MR) is 31.5 cm³/mol. The summed E-state index contributed by atoms with van der Waals surface area (Å²) in [6.45, 7) is 0. The molecule has 0 fully saturated rings. The molecule has 9 heavy (non-hydrogen) atoms. The predicted octanol–water partition coefficient (Wildman–Crippen LogP) is -1.06. The van der Waals surface area contributed by atoms with Gasteiger partial charge < -0.3 is 0 Å². The van der Waals surface area contributed by atoms with Crippen LogP contribution >= 0.6 is 0 Å². The minimum absolute atomic E-state index is 0.0173. The third-order valence-corrected chi connectivity index (χ3v) is 1.42. The molecule has 0 aliphatic carbocycles. The topological polar surface area (TPSA) is 63.6 Å². The Morgan fingerprint density at radius 1 is 1.44 bits per heavy atom. The summed E-state index contributed by atoms with van der Waals surface area (Å²) in [6.07, 6.45) is -0.157. The molecule has 1 N–H and O–H groups in total. The first-order valence-electron chi connectivity index (χ1n) is 2.28. The number of hydrogen-bond donors (Lipinski definition) is 1. The van der Waals surface area contributed by atoms with Gasteiger partial charge in [-0.2, -0.15) is 0 Å². The molecule has 0 heterocycles. The number of hydrogen-bond acceptors (Lipinski definition) is 3. The Balaban J connectivity index is 3.28. The van der Waals surface area contributed by atoms with Crippen LogP contribution in [0.15, 0.2) is 0 Å². The van der Waals surface area contributed by atoms with Crippen molar-refractivity contribution in [1.29, 1.82) is 0 Å². The Labute approximate surface area is 66.2 Å². The Kier molecular flexibility index (Phi) is 4.50. The second kappa shape index (κ2) is 4.62. The molecule has 0 amide bonds. The van der Waals surface area contributed by atoms with Gasteiger partial charge in [-0.3, -0.25) is 0 Å². The Hall–Kier alpha value is -0.242. The van der Waals surface area contributed by atoms with Crippen LogP contribution in [0, 0.1) is 0 Å². The summed E-state index contributed by atoms with van der Waals surface area (Å²) in [4.78, 5) is 20.1. The number of carboxylic acids is 1. The molecule has 0 aliphatic heterocycles. The fourth-order valence-corrected chi connectivity index (χ4v) is 0.604. The Morgan fingerprint density at radius 2 is 2.00 bits per heavy atom. The number of aliphatic carboxylic acids is 1. The van der Waals surface area contributed by atoms with Crippen LogP contribution in [0.2, 0.25) is 0 Å². The van der Waals surface area contributed by atoms with Crippen LogP contribution in [0.4, 0.5) is 0 Å². The Bertz CT molecular complexity index is 122. The van der Waals surface area contributed by atoms with Crippen LogP contribution in [-0.2, 0) is 12.6 Å². The van der Waals surface area contributed by atoms with E-state index in [1.54, 1.807) is 0 Å². The van der Waals surface area contributed by atoms with Gasteiger partial charge in [0.15, 0.2) is 0 Å². The van der Waals surface area contributed by atoms with Crippen LogP contribution in [-0.4, -0.2) is 40.5 Å². The van der Waals surface area contributed by atoms with Crippen molar-refractivity contribution in [2.24, 2.45) is 0 Å². The number of rotatable bonds is 3. The third-order valence-electron chi connectivity index (χ3n) is 0.674. The van der Waals surface area contributed by atoms with Crippen LogP contribution < -0.4 is 0 Å². The number of carbonyl (C=O) groups excluding carboxylic acids is 1. The molecular formula is C4H7O4Sb. The van der Waals surface area contributed by atoms with Crippen molar-refractivity contribution in [3.63, 3.8) is 0 Å². The Morgan fingerprint density at radius 3 is 2.33 bits per heavy atom. The zero-order chi connectivity index (χ0) is 7.28. The fourth-order valence-electron chi connectivity index (χ4n) is 0.268. The second-order valence-electron chi connectivity index (χ2n) is 1.38. The standard InChI is InChI=1S/C4H6O4.Sb.2H/c5-3(6)1-2-4(7)8;;;/h1-2H2,(H,5,6)(H,7,8);;;/q;+1;;/p-1. The normalized spacial score (nSPS) is 8.56. The van der Waals surface area contributed by atoms with Gasteiger partial charge in [-0.1, -0.05) is 0 Å². The summed E-state index contributed by atoms with van der Waals surface area (Å²) in [6, 6.07) is 0. The van der Waals surface area contributed by atoms with Gasteiger partial charge in [0.05, 0.1) is 0 Å². The molecule has 0 aromatic rings. The number of carbonyl (C=O) groups is 2.